The fourth-order valence-corrected chi connectivity index (χ4v) is 3.43. The van der Waals surface area contributed by atoms with Gasteiger partial charge in [-0.3, -0.25) is 4.98 Å². The Morgan fingerprint density at radius 1 is 1.12 bits per heavy atom. The van der Waals surface area contributed by atoms with E-state index >= 15 is 0 Å². The molecular formula is C23H29N3. The fraction of sp³-hybridized carbons (Fsp3) is 0.391. The molecule has 136 valence electrons. The molecule has 0 saturated heterocycles. The van der Waals surface area contributed by atoms with Gasteiger partial charge in [0.05, 0.1) is 16.7 Å². The first-order valence-corrected chi connectivity index (χ1v) is 9.54. The molecule has 0 spiro atoms. The third-order valence-corrected chi connectivity index (χ3v) is 5.07. The van der Waals surface area contributed by atoms with Crippen molar-refractivity contribution in [2.45, 2.75) is 60.3 Å². The number of hydrogen-bond donors (Lipinski definition) is 0. The van der Waals surface area contributed by atoms with Crippen molar-refractivity contribution in [1.82, 2.24) is 14.5 Å². The summed E-state index contributed by atoms with van der Waals surface area (Å²) in [7, 11) is 0. The van der Waals surface area contributed by atoms with Gasteiger partial charge in [-0.05, 0) is 61.9 Å². The maximum Gasteiger partial charge on any atom is 0.0921 e. The topological polar surface area (TPSA) is 30.7 Å². The van der Waals surface area contributed by atoms with Crippen molar-refractivity contribution in [3.8, 4) is 11.3 Å². The summed E-state index contributed by atoms with van der Waals surface area (Å²) in [6.07, 6.45) is 3.97. The first kappa shape index (κ1) is 18.4. The van der Waals surface area contributed by atoms with Crippen LogP contribution < -0.4 is 0 Å². The highest BCUT2D eigenvalue weighted by atomic mass is 15.0. The quantitative estimate of drug-likeness (QED) is 0.543. The molecule has 0 atom stereocenters. The van der Waals surface area contributed by atoms with Gasteiger partial charge in [0.15, 0.2) is 0 Å². The molecule has 3 aromatic rings. The molecule has 3 aromatic heterocycles. The van der Waals surface area contributed by atoms with Crippen LogP contribution in [0, 0.1) is 13.8 Å². The molecule has 0 radical (unpaired) electrons. The molecule has 0 aliphatic carbocycles. The zero-order valence-corrected chi connectivity index (χ0v) is 16.8. The van der Waals surface area contributed by atoms with Gasteiger partial charge in [0.2, 0.25) is 0 Å². The minimum Gasteiger partial charge on any atom is -0.319 e. The molecule has 3 heterocycles. The van der Waals surface area contributed by atoms with Gasteiger partial charge in [-0.25, -0.2) is 4.98 Å². The smallest absolute Gasteiger partial charge is 0.0921 e. The minimum atomic E-state index is 0.433. The number of aromatic nitrogens is 3. The van der Waals surface area contributed by atoms with Crippen LogP contribution in [0.4, 0.5) is 0 Å². The van der Waals surface area contributed by atoms with Crippen molar-refractivity contribution < 1.29 is 0 Å². The minimum absolute atomic E-state index is 0.433. The second kappa shape index (κ2) is 7.06. The summed E-state index contributed by atoms with van der Waals surface area (Å²) in [4.78, 5) is 9.96. The van der Waals surface area contributed by atoms with Crippen LogP contribution in [0.2, 0.25) is 0 Å². The van der Waals surface area contributed by atoms with E-state index in [-0.39, 0.29) is 0 Å². The highest BCUT2D eigenvalue weighted by Crippen LogP contribution is 2.31. The molecule has 0 bridgehead atoms. The molecular weight excluding hydrogens is 318 g/mol. The number of rotatable bonds is 5. The van der Waals surface area contributed by atoms with E-state index in [0.717, 1.165) is 52.2 Å². The lowest BCUT2D eigenvalue weighted by molar-refractivity contribution is 0.807. The second-order valence-corrected chi connectivity index (χ2v) is 7.36. The van der Waals surface area contributed by atoms with Crippen molar-refractivity contribution in [1.29, 1.82) is 0 Å². The predicted octanol–water partition coefficient (Wildman–Crippen LogP) is 6.28. The molecule has 26 heavy (non-hydrogen) atoms. The van der Waals surface area contributed by atoms with E-state index in [1.54, 1.807) is 0 Å². The van der Waals surface area contributed by atoms with Crippen molar-refractivity contribution in [3.05, 3.63) is 53.5 Å². The Kier molecular flexibility index (Phi) is 4.99. The normalized spacial score (nSPS) is 11.5. The first-order chi connectivity index (χ1) is 12.4. The molecule has 3 rings (SSSR count). The van der Waals surface area contributed by atoms with Gasteiger partial charge in [-0.1, -0.05) is 34.3 Å². The molecule has 0 fully saturated rings. The molecule has 0 aliphatic rings. The Morgan fingerprint density at radius 2 is 1.85 bits per heavy atom. The number of aryl methyl sites for hydroxylation is 3. The van der Waals surface area contributed by atoms with Crippen LogP contribution in [-0.2, 0) is 6.42 Å². The summed E-state index contributed by atoms with van der Waals surface area (Å²) in [6.45, 7) is 17.1. The van der Waals surface area contributed by atoms with Gasteiger partial charge < -0.3 is 4.57 Å². The van der Waals surface area contributed by atoms with Crippen molar-refractivity contribution in [2.24, 2.45) is 0 Å². The monoisotopic (exact) mass is 347 g/mol. The average molecular weight is 348 g/mol. The summed E-state index contributed by atoms with van der Waals surface area (Å²) >= 11 is 0. The number of pyridine rings is 2. The molecule has 0 N–H and O–H groups in total. The molecule has 0 saturated carbocycles. The Bertz CT molecular complexity index is 977. The zero-order chi connectivity index (χ0) is 19.0. The number of nitrogens with zero attached hydrogens (tertiary/aromatic N) is 3. The van der Waals surface area contributed by atoms with E-state index < -0.39 is 0 Å². The van der Waals surface area contributed by atoms with E-state index in [1.807, 2.05) is 0 Å². The van der Waals surface area contributed by atoms with Crippen LogP contribution in [0.3, 0.4) is 0 Å². The van der Waals surface area contributed by atoms with Crippen molar-refractivity contribution in [2.75, 3.05) is 0 Å². The molecule has 0 aliphatic heterocycles. The van der Waals surface area contributed by atoms with Crippen LogP contribution in [0.25, 0.3) is 28.0 Å². The van der Waals surface area contributed by atoms with E-state index in [9.17, 15) is 0 Å². The van der Waals surface area contributed by atoms with Gasteiger partial charge in [0, 0.05) is 28.8 Å². The number of fused-ring (bicyclic) bond motifs is 1. The Labute approximate surface area is 156 Å². The van der Waals surface area contributed by atoms with Gasteiger partial charge in [-0.15, -0.1) is 0 Å². The van der Waals surface area contributed by atoms with Crippen LogP contribution in [0.5, 0.6) is 0 Å². The third-order valence-electron chi connectivity index (χ3n) is 5.07. The zero-order valence-electron chi connectivity index (χ0n) is 16.8. The van der Waals surface area contributed by atoms with Crippen LogP contribution in [-0.4, -0.2) is 14.5 Å². The molecule has 0 amide bonds. The highest BCUT2D eigenvalue weighted by molar-refractivity contribution is 5.87. The maximum absolute atomic E-state index is 5.06. The standard InChI is InChI=1S/C23H29N3/c1-8-17(7)26-13-16(6)23-21(26)12-15(5)22(25-23)18-10-11-20(14(3)4)24-19(18)9-2/h10-14H,7-9H2,1-6H3. The second-order valence-electron chi connectivity index (χ2n) is 7.36. The van der Waals surface area contributed by atoms with Crippen LogP contribution in [0.15, 0.2) is 31.0 Å². The molecule has 3 heteroatoms. The fourth-order valence-electron chi connectivity index (χ4n) is 3.43. The molecule has 0 unspecified atom stereocenters. The van der Waals surface area contributed by atoms with Gasteiger partial charge in [0.1, 0.15) is 0 Å². The van der Waals surface area contributed by atoms with Crippen LogP contribution >= 0.6 is 0 Å². The average Bonchev–Trinajstić information content (AvgIpc) is 2.95. The molecule has 3 nitrogen and oxygen atoms in total. The Hall–Kier alpha value is -2.42. The van der Waals surface area contributed by atoms with Gasteiger partial charge >= 0.3 is 0 Å². The predicted molar refractivity (Wildman–Crippen MR) is 112 cm³/mol. The lowest BCUT2D eigenvalue weighted by Crippen LogP contribution is -2.02. The lowest BCUT2D eigenvalue weighted by atomic mass is 10.0. The maximum atomic E-state index is 5.06. The third kappa shape index (κ3) is 3.07. The SMILES string of the molecule is C=C(CC)n1cc(C)c2nc(-c3ccc(C(C)C)nc3CC)c(C)cc21. The number of hydrogen-bond acceptors (Lipinski definition) is 2. The van der Waals surface area contributed by atoms with Crippen molar-refractivity contribution in [3.63, 3.8) is 0 Å². The van der Waals surface area contributed by atoms with E-state index in [4.69, 9.17) is 9.97 Å². The largest absolute Gasteiger partial charge is 0.319 e. The summed E-state index contributed by atoms with van der Waals surface area (Å²) in [6, 6.07) is 6.57. The number of allylic oxidation sites excluding steroid dienone is 1. The van der Waals surface area contributed by atoms with E-state index in [2.05, 4.69) is 77.1 Å². The van der Waals surface area contributed by atoms with E-state index in [0.29, 0.717) is 5.92 Å². The Balaban J connectivity index is 2.22. The van der Waals surface area contributed by atoms with Gasteiger partial charge in [-0.2, -0.15) is 0 Å². The highest BCUT2D eigenvalue weighted by Gasteiger charge is 2.16. The molecule has 0 aromatic carbocycles. The Morgan fingerprint density at radius 3 is 2.46 bits per heavy atom. The summed E-state index contributed by atoms with van der Waals surface area (Å²) in [5.74, 6) is 0.433. The lowest BCUT2D eigenvalue weighted by Gasteiger charge is -2.14. The van der Waals surface area contributed by atoms with E-state index in [1.165, 1.54) is 11.1 Å². The van der Waals surface area contributed by atoms with Crippen LogP contribution in [0.1, 0.15) is 62.5 Å². The summed E-state index contributed by atoms with van der Waals surface area (Å²) in [5.41, 5.74) is 10.1. The van der Waals surface area contributed by atoms with Crippen molar-refractivity contribution >= 4 is 16.7 Å². The van der Waals surface area contributed by atoms with Gasteiger partial charge in [0.25, 0.3) is 0 Å². The first-order valence-electron chi connectivity index (χ1n) is 9.54. The summed E-state index contributed by atoms with van der Waals surface area (Å²) in [5, 5.41) is 0. The summed E-state index contributed by atoms with van der Waals surface area (Å²) < 4.78 is 2.18.